The van der Waals surface area contributed by atoms with Gasteiger partial charge in [0.05, 0.1) is 11.4 Å². The van der Waals surface area contributed by atoms with Crippen LogP contribution in [0.4, 0.5) is 28.9 Å². The van der Waals surface area contributed by atoms with Crippen LogP contribution in [-0.2, 0) is 11.3 Å². The number of hydrogen-bond acceptors (Lipinski definition) is 3. The number of rotatable bonds is 6. The zero-order valence-corrected chi connectivity index (χ0v) is 15.8. The predicted molar refractivity (Wildman–Crippen MR) is 104 cm³/mol. The number of alkyl halides is 3. The lowest BCUT2D eigenvalue weighted by Gasteiger charge is -2.33. The van der Waals surface area contributed by atoms with Crippen LogP contribution in [0.5, 0.6) is 0 Å². The van der Waals surface area contributed by atoms with Crippen molar-refractivity contribution in [2.24, 2.45) is 0 Å². The number of likely N-dealkylation sites (tertiary alicyclic amines) is 1. The van der Waals surface area contributed by atoms with E-state index >= 15 is 0 Å². The number of halogens is 4. The highest BCUT2D eigenvalue weighted by Crippen LogP contribution is 2.28. The minimum Gasteiger partial charge on any atom is -0.381 e. The Morgan fingerprint density at radius 2 is 1.72 bits per heavy atom. The van der Waals surface area contributed by atoms with Crippen molar-refractivity contribution < 1.29 is 22.4 Å². The molecular formula is C21H23F4N3O. The van der Waals surface area contributed by atoms with Gasteiger partial charge in [-0.15, -0.1) is 0 Å². The minimum absolute atomic E-state index is 0.0194. The normalized spacial score (nSPS) is 15.9. The molecule has 1 fully saturated rings. The summed E-state index contributed by atoms with van der Waals surface area (Å²) in [5, 5.41) is 5.41. The number of nitrogens with one attached hydrogen (secondary N) is 2. The van der Waals surface area contributed by atoms with Gasteiger partial charge in [0.25, 0.3) is 0 Å². The fourth-order valence-electron chi connectivity index (χ4n) is 3.42. The Labute approximate surface area is 166 Å². The van der Waals surface area contributed by atoms with Gasteiger partial charge in [-0.2, -0.15) is 13.2 Å². The number of piperidine rings is 1. The summed E-state index contributed by atoms with van der Waals surface area (Å²) in [5.74, 6) is -1.85. The Kier molecular flexibility index (Phi) is 6.74. The molecule has 0 radical (unpaired) electrons. The maximum Gasteiger partial charge on any atom is 0.397 e. The Hall–Kier alpha value is -2.61. The molecule has 0 unspecified atom stereocenters. The maximum atomic E-state index is 13.6. The molecule has 1 heterocycles. The van der Waals surface area contributed by atoms with Crippen LogP contribution in [0.3, 0.4) is 0 Å². The Bertz CT molecular complexity index is 818. The molecule has 1 saturated heterocycles. The van der Waals surface area contributed by atoms with Crippen LogP contribution in [0.2, 0.25) is 0 Å². The Morgan fingerprint density at radius 3 is 2.38 bits per heavy atom. The molecule has 3 rings (SSSR count). The van der Waals surface area contributed by atoms with Crippen LogP contribution >= 0.6 is 0 Å². The Balaban J connectivity index is 1.57. The van der Waals surface area contributed by atoms with E-state index in [2.05, 4.69) is 27.7 Å². The lowest BCUT2D eigenvalue weighted by atomic mass is 10.0. The van der Waals surface area contributed by atoms with E-state index in [1.807, 2.05) is 18.2 Å². The monoisotopic (exact) mass is 409 g/mol. The second-order valence-corrected chi connectivity index (χ2v) is 7.21. The first kappa shape index (κ1) is 21.1. The number of carbonyl (C=O) groups is 1. The molecule has 1 aliphatic rings. The lowest BCUT2D eigenvalue weighted by molar-refractivity contribution is -0.150. The molecule has 2 N–H and O–H groups in total. The van der Waals surface area contributed by atoms with E-state index in [0.717, 1.165) is 38.5 Å². The van der Waals surface area contributed by atoms with Gasteiger partial charge < -0.3 is 10.6 Å². The standard InChI is InChI=1S/C21H23F4N3O/c22-16-6-7-18(19(12-16)27-20(29)13-21(23,24)25)26-17-8-10-28(11-9-17)14-15-4-2-1-3-5-15/h1-7,12,17,26H,8-11,13-14H2,(H,27,29). The predicted octanol–water partition coefficient (Wildman–Crippen LogP) is 4.79. The smallest absolute Gasteiger partial charge is 0.381 e. The van der Waals surface area contributed by atoms with E-state index in [9.17, 15) is 22.4 Å². The fraction of sp³-hybridized carbons (Fsp3) is 0.381. The van der Waals surface area contributed by atoms with Gasteiger partial charge in [-0.1, -0.05) is 30.3 Å². The first-order valence-electron chi connectivity index (χ1n) is 9.47. The molecule has 1 aliphatic heterocycles. The molecule has 1 amide bonds. The number of hydrogen-bond donors (Lipinski definition) is 2. The largest absolute Gasteiger partial charge is 0.397 e. The van der Waals surface area contributed by atoms with E-state index in [1.54, 1.807) is 0 Å². The molecule has 0 atom stereocenters. The highest BCUT2D eigenvalue weighted by Gasteiger charge is 2.31. The Morgan fingerprint density at radius 1 is 1.03 bits per heavy atom. The summed E-state index contributed by atoms with van der Waals surface area (Å²) in [6, 6.07) is 13.9. The molecule has 29 heavy (non-hydrogen) atoms. The first-order chi connectivity index (χ1) is 13.8. The third kappa shape index (κ3) is 6.74. The number of anilines is 2. The molecule has 0 saturated carbocycles. The quantitative estimate of drug-likeness (QED) is 0.674. The highest BCUT2D eigenvalue weighted by molar-refractivity contribution is 5.94. The SMILES string of the molecule is O=C(CC(F)(F)F)Nc1cc(F)ccc1NC1CCN(Cc2ccccc2)CC1. The van der Waals surface area contributed by atoms with Gasteiger partial charge >= 0.3 is 6.18 Å². The molecule has 8 heteroatoms. The van der Waals surface area contributed by atoms with E-state index < -0.39 is 24.3 Å². The van der Waals surface area contributed by atoms with Gasteiger partial charge in [-0.3, -0.25) is 9.69 Å². The molecule has 2 aromatic carbocycles. The lowest BCUT2D eigenvalue weighted by Crippen LogP contribution is -2.38. The van der Waals surface area contributed by atoms with Crippen LogP contribution in [-0.4, -0.2) is 36.1 Å². The van der Waals surface area contributed by atoms with Gasteiger partial charge in [0.1, 0.15) is 12.2 Å². The second kappa shape index (κ2) is 9.26. The van der Waals surface area contributed by atoms with E-state index in [4.69, 9.17) is 0 Å². The van der Waals surface area contributed by atoms with Crippen LogP contribution in [0.15, 0.2) is 48.5 Å². The van der Waals surface area contributed by atoms with Crippen molar-refractivity contribution in [1.82, 2.24) is 4.90 Å². The van der Waals surface area contributed by atoms with Crippen LogP contribution in [0.25, 0.3) is 0 Å². The first-order valence-corrected chi connectivity index (χ1v) is 9.47. The maximum absolute atomic E-state index is 13.6. The van der Waals surface area contributed by atoms with Crippen molar-refractivity contribution in [3.05, 3.63) is 59.9 Å². The third-order valence-electron chi connectivity index (χ3n) is 4.81. The van der Waals surface area contributed by atoms with Gasteiger partial charge in [-0.05, 0) is 36.6 Å². The van der Waals surface area contributed by atoms with E-state index in [0.29, 0.717) is 5.69 Å². The van der Waals surface area contributed by atoms with Crippen molar-refractivity contribution >= 4 is 17.3 Å². The molecule has 0 bridgehead atoms. The molecule has 0 aromatic heterocycles. The van der Waals surface area contributed by atoms with Gasteiger partial charge in [0, 0.05) is 25.7 Å². The second-order valence-electron chi connectivity index (χ2n) is 7.21. The van der Waals surface area contributed by atoms with E-state index in [1.165, 1.54) is 17.7 Å². The summed E-state index contributed by atoms with van der Waals surface area (Å²) in [6.45, 7) is 2.59. The van der Waals surface area contributed by atoms with Crippen LogP contribution in [0, 0.1) is 5.82 Å². The summed E-state index contributed by atoms with van der Waals surface area (Å²) >= 11 is 0. The third-order valence-corrected chi connectivity index (χ3v) is 4.81. The summed E-state index contributed by atoms with van der Waals surface area (Å²) in [5.41, 5.74) is 1.68. The summed E-state index contributed by atoms with van der Waals surface area (Å²) < 4.78 is 50.8. The minimum atomic E-state index is -4.61. The zero-order valence-electron chi connectivity index (χ0n) is 15.8. The molecule has 156 valence electrons. The van der Waals surface area contributed by atoms with Gasteiger partial charge in [-0.25, -0.2) is 4.39 Å². The van der Waals surface area contributed by atoms with Gasteiger partial charge in [0.15, 0.2) is 0 Å². The number of benzene rings is 2. The molecule has 2 aromatic rings. The number of nitrogens with zero attached hydrogens (tertiary/aromatic N) is 1. The van der Waals surface area contributed by atoms with Crippen molar-refractivity contribution in [3.8, 4) is 0 Å². The van der Waals surface area contributed by atoms with Gasteiger partial charge in [0.2, 0.25) is 5.91 Å². The summed E-state index contributed by atoms with van der Waals surface area (Å²) in [4.78, 5) is 13.9. The van der Waals surface area contributed by atoms with Crippen molar-refractivity contribution in [3.63, 3.8) is 0 Å². The highest BCUT2D eigenvalue weighted by atomic mass is 19.4. The molecule has 0 spiro atoms. The molecule has 4 nitrogen and oxygen atoms in total. The van der Waals surface area contributed by atoms with Crippen LogP contribution in [0.1, 0.15) is 24.8 Å². The number of carbonyl (C=O) groups excluding carboxylic acids is 1. The van der Waals surface area contributed by atoms with Crippen molar-refractivity contribution in [2.75, 3.05) is 23.7 Å². The average molecular weight is 409 g/mol. The van der Waals surface area contributed by atoms with Crippen LogP contribution < -0.4 is 10.6 Å². The fourth-order valence-corrected chi connectivity index (χ4v) is 3.42. The number of amides is 1. The van der Waals surface area contributed by atoms with E-state index in [-0.39, 0.29) is 11.7 Å². The molecule has 0 aliphatic carbocycles. The summed E-state index contributed by atoms with van der Waals surface area (Å²) in [7, 11) is 0. The van der Waals surface area contributed by atoms with Crippen molar-refractivity contribution in [1.29, 1.82) is 0 Å². The summed E-state index contributed by atoms with van der Waals surface area (Å²) in [6.07, 6.45) is -4.56. The van der Waals surface area contributed by atoms with Crippen molar-refractivity contribution in [2.45, 2.75) is 38.0 Å². The topological polar surface area (TPSA) is 44.4 Å². The zero-order chi connectivity index (χ0) is 20.9. The average Bonchev–Trinajstić information content (AvgIpc) is 2.65. The molecular weight excluding hydrogens is 386 g/mol.